The SMILES string of the molecule is COC(=O)CC(NC(=O)C1=NN(C)C(=O)CC1)c1ccc(Br)cc1. The number of amides is 2. The molecule has 1 aromatic carbocycles. The molecule has 0 aliphatic carbocycles. The minimum atomic E-state index is -0.538. The number of methoxy groups -OCH3 is 1. The Balaban J connectivity index is 2.17. The van der Waals surface area contributed by atoms with E-state index in [-0.39, 0.29) is 30.9 Å². The van der Waals surface area contributed by atoms with E-state index >= 15 is 0 Å². The van der Waals surface area contributed by atoms with Crippen molar-refractivity contribution in [2.24, 2.45) is 5.10 Å². The summed E-state index contributed by atoms with van der Waals surface area (Å²) in [5.74, 6) is -0.960. The molecular weight excluding hydrogens is 378 g/mol. The second kappa shape index (κ2) is 8.05. The van der Waals surface area contributed by atoms with Crippen LogP contribution >= 0.6 is 15.9 Å². The molecular formula is C16H18BrN3O4. The fourth-order valence-corrected chi connectivity index (χ4v) is 2.54. The summed E-state index contributed by atoms with van der Waals surface area (Å²) < 4.78 is 5.60. The van der Waals surface area contributed by atoms with E-state index in [4.69, 9.17) is 4.74 Å². The maximum atomic E-state index is 12.4. The molecule has 0 fully saturated rings. The maximum absolute atomic E-state index is 12.4. The fourth-order valence-electron chi connectivity index (χ4n) is 2.27. The van der Waals surface area contributed by atoms with Gasteiger partial charge in [0.1, 0.15) is 5.71 Å². The minimum Gasteiger partial charge on any atom is -0.469 e. The lowest BCUT2D eigenvalue weighted by Crippen LogP contribution is -2.39. The molecule has 1 heterocycles. The Kier molecular flexibility index (Phi) is 6.08. The Morgan fingerprint density at radius 1 is 1.33 bits per heavy atom. The number of halogens is 1. The van der Waals surface area contributed by atoms with Crippen LogP contribution in [0.2, 0.25) is 0 Å². The van der Waals surface area contributed by atoms with Gasteiger partial charge in [-0.1, -0.05) is 28.1 Å². The smallest absolute Gasteiger partial charge is 0.307 e. The van der Waals surface area contributed by atoms with Crippen molar-refractivity contribution in [1.82, 2.24) is 10.3 Å². The lowest BCUT2D eigenvalue weighted by atomic mass is 10.0. The summed E-state index contributed by atoms with van der Waals surface area (Å²) in [6.07, 6.45) is 0.523. The van der Waals surface area contributed by atoms with Crippen LogP contribution in [0.25, 0.3) is 0 Å². The van der Waals surface area contributed by atoms with Crippen molar-refractivity contribution in [1.29, 1.82) is 0 Å². The first-order valence-electron chi connectivity index (χ1n) is 7.38. The number of esters is 1. The van der Waals surface area contributed by atoms with Crippen LogP contribution in [0.4, 0.5) is 0 Å². The van der Waals surface area contributed by atoms with Gasteiger partial charge in [-0.15, -0.1) is 0 Å². The van der Waals surface area contributed by atoms with Crippen LogP contribution < -0.4 is 5.32 Å². The van der Waals surface area contributed by atoms with E-state index in [1.165, 1.54) is 14.2 Å². The Bertz CT molecular complexity index is 672. The molecule has 1 aromatic rings. The number of nitrogens with zero attached hydrogens (tertiary/aromatic N) is 2. The highest BCUT2D eigenvalue weighted by Gasteiger charge is 2.25. The van der Waals surface area contributed by atoms with Crippen molar-refractivity contribution in [3.8, 4) is 0 Å². The molecule has 2 rings (SSSR count). The zero-order valence-corrected chi connectivity index (χ0v) is 15.0. The highest BCUT2D eigenvalue weighted by Crippen LogP contribution is 2.21. The predicted octanol–water partition coefficient (Wildman–Crippen LogP) is 1.78. The van der Waals surface area contributed by atoms with Crippen molar-refractivity contribution in [3.63, 3.8) is 0 Å². The molecule has 0 aromatic heterocycles. The van der Waals surface area contributed by atoms with Gasteiger partial charge in [-0.25, -0.2) is 5.01 Å². The Labute approximate surface area is 148 Å². The van der Waals surface area contributed by atoms with Crippen LogP contribution in [0.15, 0.2) is 33.8 Å². The zero-order chi connectivity index (χ0) is 17.7. The number of hydrazone groups is 1. The van der Waals surface area contributed by atoms with Crippen molar-refractivity contribution < 1.29 is 19.1 Å². The molecule has 128 valence electrons. The Morgan fingerprint density at radius 2 is 2.00 bits per heavy atom. The van der Waals surface area contributed by atoms with E-state index in [2.05, 4.69) is 26.3 Å². The van der Waals surface area contributed by atoms with Gasteiger partial charge in [0, 0.05) is 24.4 Å². The third-order valence-electron chi connectivity index (χ3n) is 3.65. The molecule has 24 heavy (non-hydrogen) atoms. The summed E-state index contributed by atoms with van der Waals surface area (Å²) in [6.45, 7) is 0. The second-order valence-corrected chi connectivity index (χ2v) is 6.24. The number of carbonyl (C=O) groups excluding carboxylic acids is 3. The first kappa shape index (κ1) is 18.1. The summed E-state index contributed by atoms with van der Waals surface area (Å²) in [6, 6.07) is 6.75. The number of rotatable bonds is 5. The van der Waals surface area contributed by atoms with Crippen LogP contribution in [0.1, 0.15) is 30.9 Å². The quantitative estimate of drug-likeness (QED) is 0.769. The minimum absolute atomic E-state index is 0.00588. The van der Waals surface area contributed by atoms with E-state index in [0.717, 1.165) is 15.0 Å². The van der Waals surface area contributed by atoms with Gasteiger partial charge in [0.15, 0.2) is 0 Å². The van der Waals surface area contributed by atoms with Gasteiger partial charge in [0.05, 0.1) is 19.6 Å². The molecule has 0 saturated heterocycles. The third-order valence-corrected chi connectivity index (χ3v) is 4.17. The standard InChI is InChI=1S/C16H18BrN3O4/c1-20-14(21)8-7-12(19-20)16(23)18-13(9-15(22)24-2)10-3-5-11(17)6-4-10/h3-6,13H,7-9H2,1-2H3,(H,18,23). The van der Waals surface area contributed by atoms with Crippen LogP contribution in [0, 0.1) is 0 Å². The molecule has 8 heteroatoms. The normalized spacial score (nSPS) is 15.5. The van der Waals surface area contributed by atoms with E-state index < -0.39 is 17.9 Å². The van der Waals surface area contributed by atoms with Gasteiger partial charge in [0.2, 0.25) is 5.91 Å². The van der Waals surface area contributed by atoms with Gasteiger partial charge >= 0.3 is 5.97 Å². The highest BCUT2D eigenvalue weighted by atomic mass is 79.9. The molecule has 1 aliphatic heterocycles. The molecule has 1 atom stereocenters. The largest absolute Gasteiger partial charge is 0.469 e. The fraction of sp³-hybridized carbons (Fsp3) is 0.375. The lowest BCUT2D eigenvalue weighted by molar-refractivity contribution is -0.141. The molecule has 2 amide bonds. The number of ether oxygens (including phenoxy) is 1. The van der Waals surface area contributed by atoms with Crippen LogP contribution in [0.3, 0.4) is 0 Å². The van der Waals surface area contributed by atoms with Crippen LogP contribution in [-0.4, -0.2) is 42.7 Å². The zero-order valence-electron chi connectivity index (χ0n) is 13.4. The molecule has 0 saturated carbocycles. The van der Waals surface area contributed by atoms with Crippen molar-refractivity contribution >= 4 is 39.4 Å². The summed E-state index contributed by atoms with van der Waals surface area (Å²) in [4.78, 5) is 35.5. The average molecular weight is 396 g/mol. The van der Waals surface area contributed by atoms with E-state index in [0.29, 0.717) is 0 Å². The highest BCUT2D eigenvalue weighted by molar-refractivity contribution is 9.10. The number of hydrogen-bond acceptors (Lipinski definition) is 5. The molecule has 1 unspecified atom stereocenters. The van der Waals surface area contributed by atoms with Crippen molar-refractivity contribution in [2.45, 2.75) is 25.3 Å². The van der Waals surface area contributed by atoms with Crippen molar-refractivity contribution in [2.75, 3.05) is 14.2 Å². The van der Waals surface area contributed by atoms with Gasteiger partial charge in [-0.3, -0.25) is 14.4 Å². The lowest BCUT2D eigenvalue weighted by Gasteiger charge is -2.22. The van der Waals surface area contributed by atoms with E-state index in [9.17, 15) is 14.4 Å². The van der Waals surface area contributed by atoms with Crippen LogP contribution in [0.5, 0.6) is 0 Å². The summed E-state index contributed by atoms with van der Waals surface area (Å²) >= 11 is 3.35. The number of benzene rings is 1. The Morgan fingerprint density at radius 3 is 2.58 bits per heavy atom. The third kappa shape index (κ3) is 4.64. The number of carbonyl (C=O) groups is 3. The predicted molar refractivity (Wildman–Crippen MR) is 91.1 cm³/mol. The van der Waals surface area contributed by atoms with Crippen LogP contribution in [-0.2, 0) is 19.1 Å². The maximum Gasteiger partial charge on any atom is 0.307 e. The molecule has 0 bridgehead atoms. The number of hydrogen-bond donors (Lipinski definition) is 1. The van der Waals surface area contributed by atoms with E-state index in [1.54, 1.807) is 0 Å². The van der Waals surface area contributed by atoms with Gasteiger partial charge in [0.25, 0.3) is 5.91 Å². The van der Waals surface area contributed by atoms with E-state index in [1.807, 2.05) is 24.3 Å². The summed E-state index contributed by atoms with van der Waals surface area (Å²) in [5, 5.41) is 7.95. The summed E-state index contributed by atoms with van der Waals surface area (Å²) in [7, 11) is 2.81. The summed E-state index contributed by atoms with van der Waals surface area (Å²) in [5.41, 5.74) is 1.04. The molecule has 1 N–H and O–H groups in total. The van der Waals surface area contributed by atoms with Crippen molar-refractivity contribution in [3.05, 3.63) is 34.3 Å². The first-order valence-corrected chi connectivity index (χ1v) is 8.17. The van der Waals surface area contributed by atoms with Gasteiger partial charge in [-0.05, 0) is 17.7 Å². The topological polar surface area (TPSA) is 88.1 Å². The molecule has 1 aliphatic rings. The molecule has 0 spiro atoms. The average Bonchev–Trinajstić information content (AvgIpc) is 2.57. The number of nitrogens with one attached hydrogen (secondary N) is 1. The molecule has 7 nitrogen and oxygen atoms in total. The first-order chi connectivity index (χ1) is 11.4. The molecule has 0 radical (unpaired) electrons. The monoisotopic (exact) mass is 395 g/mol. The van der Waals surface area contributed by atoms with Gasteiger partial charge < -0.3 is 10.1 Å². The van der Waals surface area contributed by atoms with Gasteiger partial charge in [-0.2, -0.15) is 5.10 Å². The Hall–Kier alpha value is -2.22. The second-order valence-electron chi connectivity index (χ2n) is 5.32.